The zero-order chi connectivity index (χ0) is 10.7. The molecule has 0 fully saturated rings. The van der Waals surface area contributed by atoms with Crippen molar-refractivity contribution in [3.63, 3.8) is 0 Å². The minimum absolute atomic E-state index is 1.04. The van der Waals surface area contributed by atoms with Gasteiger partial charge in [-0.15, -0.1) is 0 Å². The first-order valence-corrected chi connectivity index (χ1v) is 4.80. The molecule has 1 nitrogen and oxygen atoms in total. The molecule has 0 heterocycles. The molecule has 0 atom stereocenters. The van der Waals surface area contributed by atoms with E-state index in [-0.39, 0.29) is 0 Å². The predicted octanol–water partition coefficient (Wildman–Crippen LogP) is 3.56. The van der Waals surface area contributed by atoms with E-state index in [1.54, 1.807) is 6.20 Å². The van der Waals surface area contributed by atoms with Gasteiger partial charge in [-0.2, -0.15) is 0 Å². The molecule has 0 aliphatic rings. The van der Waals surface area contributed by atoms with E-state index in [2.05, 4.69) is 44.5 Å². The number of nitrogens with zero attached hydrogens (tertiary/aromatic N) is 1. The van der Waals surface area contributed by atoms with Gasteiger partial charge in [-0.05, 0) is 44.4 Å². The van der Waals surface area contributed by atoms with E-state index in [9.17, 15) is 0 Å². The summed E-state index contributed by atoms with van der Waals surface area (Å²) in [5.41, 5.74) is 6.19. The van der Waals surface area contributed by atoms with Crippen LogP contribution in [0.15, 0.2) is 29.9 Å². The van der Waals surface area contributed by atoms with Gasteiger partial charge in [0.1, 0.15) is 0 Å². The summed E-state index contributed by atoms with van der Waals surface area (Å²) in [7, 11) is 0. The maximum absolute atomic E-state index is 4.24. The van der Waals surface area contributed by atoms with Crippen LogP contribution in [-0.2, 0) is 0 Å². The van der Waals surface area contributed by atoms with Crippen molar-refractivity contribution in [2.75, 3.05) is 0 Å². The van der Waals surface area contributed by atoms with Crippen molar-refractivity contribution in [2.45, 2.75) is 27.7 Å². The van der Waals surface area contributed by atoms with Crippen molar-refractivity contribution in [1.29, 1.82) is 0 Å². The Kier molecular flexibility index (Phi) is 3.23. The molecule has 1 aromatic rings. The second-order valence-electron chi connectivity index (χ2n) is 3.60. The Balaban J connectivity index is 3.39. The molecule has 0 N–H and O–H groups in total. The third-order valence-electron chi connectivity index (χ3n) is 2.59. The molecule has 0 aromatic heterocycles. The Morgan fingerprint density at radius 1 is 1.21 bits per heavy atom. The van der Waals surface area contributed by atoms with Crippen LogP contribution in [0.4, 0.5) is 0 Å². The predicted molar refractivity (Wildman–Crippen MR) is 63.1 cm³/mol. The molecule has 1 aromatic carbocycles. The van der Waals surface area contributed by atoms with Crippen molar-refractivity contribution < 1.29 is 0 Å². The van der Waals surface area contributed by atoms with E-state index in [1.165, 1.54) is 22.3 Å². The van der Waals surface area contributed by atoms with Crippen molar-refractivity contribution in [1.82, 2.24) is 0 Å². The first-order chi connectivity index (χ1) is 6.57. The lowest BCUT2D eigenvalue weighted by atomic mass is 9.95. The molecule has 1 rings (SSSR count). The Morgan fingerprint density at radius 2 is 1.79 bits per heavy atom. The molecule has 0 aliphatic heterocycles. The molecular weight excluding hydrogens is 170 g/mol. The third kappa shape index (κ3) is 1.92. The van der Waals surface area contributed by atoms with Gasteiger partial charge in [0.2, 0.25) is 0 Å². The number of hydrogen-bond donors (Lipinski definition) is 0. The standard InChI is InChI=1S/C13H17N/c1-6-14-12(5)13-10(3)8-7-9(2)11(13)4/h6-8H,1H2,2-5H3. The molecule has 0 aliphatic carbocycles. The lowest BCUT2D eigenvalue weighted by Gasteiger charge is -2.11. The minimum atomic E-state index is 1.04. The second kappa shape index (κ2) is 4.23. The first kappa shape index (κ1) is 10.7. The highest BCUT2D eigenvalue weighted by molar-refractivity contribution is 6.01. The van der Waals surface area contributed by atoms with Gasteiger partial charge in [0, 0.05) is 17.5 Å². The molecule has 74 valence electrons. The fraction of sp³-hybridized carbons (Fsp3) is 0.308. The van der Waals surface area contributed by atoms with E-state index < -0.39 is 0 Å². The Hall–Kier alpha value is -1.37. The average molecular weight is 187 g/mol. The minimum Gasteiger partial charge on any atom is -0.262 e. The van der Waals surface area contributed by atoms with E-state index in [0.717, 1.165) is 5.71 Å². The molecule has 0 bridgehead atoms. The van der Waals surface area contributed by atoms with E-state index in [4.69, 9.17) is 0 Å². The van der Waals surface area contributed by atoms with Gasteiger partial charge < -0.3 is 0 Å². The van der Waals surface area contributed by atoms with Gasteiger partial charge >= 0.3 is 0 Å². The lowest BCUT2D eigenvalue weighted by Crippen LogP contribution is -2.02. The quantitative estimate of drug-likeness (QED) is 0.628. The van der Waals surface area contributed by atoms with Crippen molar-refractivity contribution in [3.8, 4) is 0 Å². The Morgan fingerprint density at radius 3 is 2.36 bits per heavy atom. The van der Waals surface area contributed by atoms with Crippen LogP contribution in [0.25, 0.3) is 0 Å². The number of hydrogen-bond acceptors (Lipinski definition) is 1. The van der Waals surface area contributed by atoms with Crippen LogP contribution in [0.1, 0.15) is 29.2 Å². The highest BCUT2D eigenvalue weighted by atomic mass is 14.7. The average Bonchev–Trinajstić information content (AvgIpc) is 2.13. The van der Waals surface area contributed by atoms with E-state index >= 15 is 0 Å². The molecule has 1 heteroatoms. The number of aliphatic imine (C=N–C) groups is 1. The van der Waals surface area contributed by atoms with Crippen LogP contribution in [0.5, 0.6) is 0 Å². The van der Waals surface area contributed by atoms with Crippen LogP contribution in [0, 0.1) is 20.8 Å². The van der Waals surface area contributed by atoms with Crippen molar-refractivity contribution in [2.24, 2.45) is 4.99 Å². The maximum atomic E-state index is 4.24. The maximum Gasteiger partial charge on any atom is 0.0450 e. The second-order valence-corrected chi connectivity index (χ2v) is 3.60. The molecule has 0 saturated heterocycles. The zero-order valence-electron chi connectivity index (χ0n) is 9.39. The largest absolute Gasteiger partial charge is 0.262 e. The summed E-state index contributed by atoms with van der Waals surface area (Å²) in [6, 6.07) is 4.29. The van der Waals surface area contributed by atoms with Crippen LogP contribution >= 0.6 is 0 Å². The molecule has 0 radical (unpaired) electrons. The normalized spacial score (nSPS) is 11.6. The lowest BCUT2D eigenvalue weighted by molar-refractivity contribution is 1.27. The number of aryl methyl sites for hydroxylation is 2. The number of rotatable bonds is 2. The van der Waals surface area contributed by atoms with Crippen LogP contribution in [0.3, 0.4) is 0 Å². The highest BCUT2D eigenvalue weighted by Crippen LogP contribution is 2.18. The van der Waals surface area contributed by atoms with Gasteiger partial charge in [0.05, 0.1) is 0 Å². The SMILES string of the molecule is C=CN=C(C)c1c(C)ccc(C)c1C. The summed E-state index contributed by atoms with van der Waals surface area (Å²) in [5.74, 6) is 0. The van der Waals surface area contributed by atoms with Crippen LogP contribution < -0.4 is 0 Å². The highest BCUT2D eigenvalue weighted by Gasteiger charge is 2.06. The van der Waals surface area contributed by atoms with Gasteiger partial charge in [-0.1, -0.05) is 18.7 Å². The zero-order valence-corrected chi connectivity index (χ0v) is 9.39. The monoisotopic (exact) mass is 187 g/mol. The molecule has 0 spiro atoms. The molecule has 0 amide bonds. The third-order valence-corrected chi connectivity index (χ3v) is 2.59. The Bertz CT molecular complexity index is 386. The fourth-order valence-corrected chi connectivity index (χ4v) is 1.71. The Labute approximate surface area is 86.2 Å². The summed E-state index contributed by atoms with van der Waals surface area (Å²) < 4.78 is 0. The van der Waals surface area contributed by atoms with E-state index in [1.807, 2.05) is 6.92 Å². The van der Waals surface area contributed by atoms with Crippen molar-refractivity contribution >= 4 is 5.71 Å². The summed E-state index contributed by atoms with van der Waals surface area (Å²) >= 11 is 0. The van der Waals surface area contributed by atoms with E-state index in [0.29, 0.717) is 0 Å². The first-order valence-electron chi connectivity index (χ1n) is 4.80. The summed E-state index contributed by atoms with van der Waals surface area (Å²) in [6.07, 6.45) is 1.59. The summed E-state index contributed by atoms with van der Waals surface area (Å²) in [6.45, 7) is 12.0. The molecule has 14 heavy (non-hydrogen) atoms. The smallest absolute Gasteiger partial charge is 0.0450 e. The van der Waals surface area contributed by atoms with Gasteiger partial charge in [0.25, 0.3) is 0 Å². The van der Waals surface area contributed by atoms with Gasteiger partial charge in [-0.25, -0.2) is 0 Å². The molecule has 0 saturated carbocycles. The van der Waals surface area contributed by atoms with Gasteiger partial charge in [0.15, 0.2) is 0 Å². The molecule has 0 unspecified atom stereocenters. The molecular formula is C13H17N. The fourth-order valence-electron chi connectivity index (χ4n) is 1.71. The number of benzene rings is 1. The summed E-state index contributed by atoms with van der Waals surface area (Å²) in [4.78, 5) is 4.24. The van der Waals surface area contributed by atoms with Gasteiger partial charge in [-0.3, -0.25) is 4.99 Å². The van der Waals surface area contributed by atoms with Crippen LogP contribution in [-0.4, -0.2) is 5.71 Å². The topological polar surface area (TPSA) is 12.4 Å². The van der Waals surface area contributed by atoms with Crippen LogP contribution in [0.2, 0.25) is 0 Å². The summed E-state index contributed by atoms with van der Waals surface area (Å²) in [5, 5.41) is 0. The van der Waals surface area contributed by atoms with Crippen molar-refractivity contribution in [3.05, 3.63) is 47.2 Å².